The molecule has 22 heavy (non-hydrogen) atoms. The van der Waals surface area contributed by atoms with Crippen LogP contribution in [-0.2, 0) is 20.6 Å². The average molecular weight is 326 g/mol. The van der Waals surface area contributed by atoms with Crippen molar-refractivity contribution in [3.63, 3.8) is 0 Å². The number of nitrogens with zero attached hydrogens (tertiary/aromatic N) is 5. The second-order valence-electron chi connectivity index (χ2n) is 5.81. The van der Waals surface area contributed by atoms with Crippen LogP contribution in [0.2, 0.25) is 5.28 Å². The van der Waals surface area contributed by atoms with Crippen molar-refractivity contribution in [1.29, 1.82) is 0 Å². The maximum absolute atomic E-state index is 12.4. The second kappa shape index (κ2) is 5.89. The van der Waals surface area contributed by atoms with E-state index < -0.39 is 5.69 Å². The van der Waals surface area contributed by atoms with Gasteiger partial charge in [-0.05, 0) is 37.5 Å². The Morgan fingerprint density at radius 3 is 2.41 bits per heavy atom. The minimum absolute atomic E-state index is 0.255. The van der Waals surface area contributed by atoms with E-state index in [-0.39, 0.29) is 10.8 Å². The van der Waals surface area contributed by atoms with Crippen molar-refractivity contribution < 1.29 is 0 Å². The van der Waals surface area contributed by atoms with Gasteiger partial charge in [-0.2, -0.15) is 4.98 Å². The zero-order chi connectivity index (χ0) is 15.9. The van der Waals surface area contributed by atoms with Crippen LogP contribution >= 0.6 is 11.6 Å². The lowest BCUT2D eigenvalue weighted by Gasteiger charge is -2.26. The van der Waals surface area contributed by atoms with Crippen LogP contribution in [0.25, 0.3) is 11.2 Å². The van der Waals surface area contributed by atoms with Crippen LogP contribution in [0.4, 0.5) is 0 Å². The maximum atomic E-state index is 12.4. The number of rotatable bonds is 3. The summed E-state index contributed by atoms with van der Waals surface area (Å²) >= 11 is 6.20. The Labute approximate surface area is 132 Å². The van der Waals surface area contributed by atoms with Crippen molar-refractivity contribution in [2.24, 2.45) is 14.1 Å². The average Bonchev–Trinajstić information content (AvgIpc) is 2.86. The zero-order valence-corrected chi connectivity index (χ0v) is 13.6. The molecule has 120 valence electrons. The van der Waals surface area contributed by atoms with Gasteiger partial charge in [0, 0.05) is 27.2 Å². The molecule has 2 aromatic rings. The molecule has 0 spiro atoms. The van der Waals surface area contributed by atoms with E-state index in [0.29, 0.717) is 17.7 Å². The van der Waals surface area contributed by atoms with Crippen LogP contribution in [0.5, 0.6) is 0 Å². The third-order valence-corrected chi connectivity index (χ3v) is 4.68. The Morgan fingerprint density at radius 1 is 1.05 bits per heavy atom. The predicted molar refractivity (Wildman–Crippen MR) is 85.5 cm³/mol. The Balaban J connectivity index is 2.00. The molecule has 8 heteroatoms. The van der Waals surface area contributed by atoms with Crippen molar-refractivity contribution in [2.75, 3.05) is 19.6 Å². The molecular formula is C14H20ClN5O2. The topological polar surface area (TPSA) is 65.1 Å². The monoisotopic (exact) mass is 325 g/mol. The second-order valence-corrected chi connectivity index (χ2v) is 6.15. The first-order chi connectivity index (χ1) is 10.5. The lowest BCUT2D eigenvalue weighted by atomic mass is 10.1. The van der Waals surface area contributed by atoms with Gasteiger partial charge in [0.05, 0.1) is 0 Å². The minimum atomic E-state index is -0.394. The summed E-state index contributed by atoms with van der Waals surface area (Å²) in [6, 6.07) is 0. The molecule has 7 nitrogen and oxygen atoms in total. The standard InChI is InChI=1S/C14H20ClN5O2/c1-17-11-10(12(21)18(2)14(17)22)20(13(15)16-11)9-8-19-6-4-3-5-7-19/h3-9H2,1-2H3. The van der Waals surface area contributed by atoms with Gasteiger partial charge >= 0.3 is 5.69 Å². The van der Waals surface area contributed by atoms with Crippen LogP contribution in [0, 0.1) is 0 Å². The molecule has 0 bridgehead atoms. The van der Waals surface area contributed by atoms with E-state index in [0.717, 1.165) is 24.2 Å². The first kappa shape index (κ1) is 15.3. The number of halogens is 1. The number of hydrogen-bond acceptors (Lipinski definition) is 4. The van der Waals surface area contributed by atoms with Gasteiger partial charge in [0.15, 0.2) is 11.2 Å². The van der Waals surface area contributed by atoms with Crippen molar-refractivity contribution in [3.8, 4) is 0 Å². The normalized spacial score (nSPS) is 16.5. The molecule has 2 aromatic heterocycles. The molecule has 1 saturated heterocycles. The van der Waals surface area contributed by atoms with Crippen molar-refractivity contribution in [3.05, 3.63) is 26.1 Å². The van der Waals surface area contributed by atoms with Gasteiger partial charge in [-0.25, -0.2) is 4.79 Å². The molecule has 0 N–H and O–H groups in total. The fourth-order valence-electron chi connectivity index (χ4n) is 3.05. The summed E-state index contributed by atoms with van der Waals surface area (Å²) in [5.74, 6) is 0. The molecule has 0 atom stereocenters. The van der Waals surface area contributed by atoms with E-state index >= 15 is 0 Å². The summed E-state index contributed by atoms with van der Waals surface area (Å²) in [7, 11) is 3.07. The molecule has 3 rings (SSSR count). The highest BCUT2D eigenvalue weighted by atomic mass is 35.5. The highest BCUT2D eigenvalue weighted by Crippen LogP contribution is 2.16. The SMILES string of the molecule is Cn1c(=O)c2c(nc(Cl)n2CCN2CCCCC2)n(C)c1=O. The van der Waals surface area contributed by atoms with Gasteiger partial charge in [-0.15, -0.1) is 0 Å². The third kappa shape index (κ3) is 2.48. The lowest BCUT2D eigenvalue weighted by Crippen LogP contribution is -2.38. The molecular weight excluding hydrogens is 306 g/mol. The Hall–Kier alpha value is -1.60. The lowest BCUT2D eigenvalue weighted by molar-refractivity contribution is 0.221. The van der Waals surface area contributed by atoms with Crippen LogP contribution in [0.3, 0.4) is 0 Å². The molecule has 1 aliphatic heterocycles. The van der Waals surface area contributed by atoms with E-state index in [4.69, 9.17) is 11.6 Å². The summed E-state index contributed by atoms with van der Waals surface area (Å²) in [6.07, 6.45) is 3.72. The van der Waals surface area contributed by atoms with Gasteiger partial charge < -0.3 is 9.47 Å². The van der Waals surface area contributed by atoms with Gasteiger partial charge in [0.25, 0.3) is 5.56 Å². The number of hydrogen-bond donors (Lipinski definition) is 0. The van der Waals surface area contributed by atoms with Crippen LogP contribution < -0.4 is 11.2 Å². The summed E-state index contributed by atoms with van der Waals surface area (Å²) < 4.78 is 4.17. The Bertz CT molecular complexity index is 813. The van der Waals surface area contributed by atoms with Gasteiger partial charge in [-0.1, -0.05) is 6.42 Å². The van der Waals surface area contributed by atoms with E-state index in [1.807, 2.05) is 0 Å². The molecule has 0 radical (unpaired) electrons. The van der Waals surface area contributed by atoms with Crippen molar-refractivity contribution in [1.82, 2.24) is 23.6 Å². The predicted octanol–water partition coefficient (Wildman–Crippen LogP) is 0.573. The first-order valence-corrected chi connectivity index (χ1v) is 7.92. The van der Waals surface area contributed by atoms with Crippen LogP contribution in [-0.4, -0.2) is 43.2 Å². The fraction of sp³-hybridized carbons (Fsp3) is 0.643. The Morgan fingerprint density at radius 2 is 1.73 bits per heavy atom. The molecule has 1 fully saturated rings. The highest BCUT2D eigenvalue weighted by molar-refractivity contribution is 6.29. The molecule has 0 amide bonds. The molecule has 1 aliphatic rings. The van der Waals surface area contributed by atoms with Gasteiger partial charge in [0.1, 0.15) is 0 Å². The maximum Gasteiger partial charge on any atom is 0.332 e. The van der Waals surface area contributed by atoms with E-state index in [2.05, 4.69) is 9.88 Å². The smallest absolute Gasteiger partial charge is 0.307 e. The number of piperidine rings is 1. The van der Waals surface area contributed by atoms with Crippen LogP contribution in [0.1, 0.15) is 19.3 Å². The molecule has 0 saturated carbocycles. The number of aromatic nitrogens is 4. The van der Waals surface area contributed by atoms with E-state index in [1.54, 1.807) is 11.6 Å². The quantitative estimate of drug-likeness (QED) is 0.774. The summed E-state index contributed by atoms with van der Waals surface area (Å²) in [5.41, 5.74) is -0.00524. The van der Waals surface area contributed by atoms with Crippen LogP contribution in [0.15, 0.2) is 9.59 Å². The largest absolute Gasteiger partial charge is 0.332 e. The summed E-state index contributed by atoms with van der Waals surface area (Å²) in [6.45, 7) is 3.60. The van der Waals surface area contributed by atoms with E-state index in [1.165, 1.54) is 30.9 Å². The molecule has 0 unspecified atom stereocenters. The Kier molecular flexibility index (Phi) is 4.10. The van der Waals surface area contributed by atoms with Gasteiger partial charge in [-0.3, -0.25) is 13.9 Å². The van der Waals surface area contributed by atoms with Gasteiger partial charge in [0.2, 0.25) is 5.28 Å². The van der Waals surface area contributed by atoms with Crippen molar-refractivity contribution >= 4 is 22.8 Å². The number of fused-ring (bicyclic) bond motifs is 1. The molecule has 0 aromatic carbocycles. The minimum Gasteiger partial charge on any atom is -0.307 e. The highest BCUT2D eigenvalue weighted by Gasteiger charge is 2.19. The molecule has 3 heterocycles. The third-order valence-electron chi connectivity index (χ3n) is 4.39. The zero-order valence-electron chi connectivity index (χ0n) is 12.9. The number of aryl methyl sites for hydroxylation is 1. The summed E-state index contributed by atoms with van der Waals surface area (Å²) in [5, 5.41) is 0.255. The number of imidazole rings is 1. The summed E-state index contributed by atoms with van der Waals surface area (Å²) in [4.78, 5) is 30.9. The van der Waals surface area contributed by atoms with Crippen molar-refractivity contribution in [2.45, 2.75) is 25.8 Å². The first-order valence-electron chi connectivity index (χ1n) is 7.55. The fourth-order valence-corrected chi connectivity index (χ4v) is 3.30. The van der Waals surface area contributed by atoms with E-state index in [9.17, 15) is 9.59 Å². The number of likely N-dealkylation sites (tertiary alicyclic amines) is 1. The molecule has 0 aliphatic carbocycles.